The van der Waals surface area contributed by atoms with Crippen molar-refractivity contribution in [3.63, 3.8) is 0 Å². The summed E-state index contributed by atoms with van der Waals surface area (Å²) in [6, 6.07) is 12.1. The van der Waals surface area contributed by atoms with E-state index in [1.54, 1.807) is 23.4 Å². The zero-order chi connectivity index (χ0) is 14.4. The van der Waals surface area contributed by atoms with Gasteiger partial charge >= 0.3 is 0 Å². The van der Waals surface area contributed by atoms with E-state index in [2.05, 4.69) is 33.0 Å². The lowest BCUT2D eigenvalue weighted by Crippen LogP contribution is -2.28. The maximum atomic E-state index is 12.2. The van der Waals surface area contributed by atoms with Crippen LogP contribution in [0.15, 0.2) is 53.3 Å². The van der Waals surface area contributed by atoms with Crippen molar-refractivity contribution < 1.29 is 4.79 Å². The van der Waals surface area contributed by atoms with Crippen LogP contribution in [0, 0.1) is 0 Å². The van der Waals surface area contributed by atoms with Crippen LogP contribution >= 0.6 is 15.9 Å². The van der Waals surface area contributed by atoms with Crippen LogP contribution in [-0.2, 0) is 6.42 Å². The second kappa shape index (κ2) is 7.20. The standard InChI is InChI=1S/C16H17BrN2O/c1-19(9-5-8-13-6-3-2-4-7-13)16(20)14-10-15(17)12-18-11-14/h2-4,6-7,10-12H,5,8-9H2,1H3. The van der Waals surface area contributed by atoms with Crippen LogP contribution in [-0.4, -0.2) is 29.4 Å². The molecule has 0 fully saturated rings. The molecule has 0 saturated carbocycles. The predicted octanol–water partition coefficient (Wildman–Crippen LogP) is 3.55. The summed E-state index contributed by atoms with van der Waals surface area (Å²) >= 11 is 3.33. The van der Waals surface area contributed by atoms with E-state index < -0.39 is 0 Å². The molecule has 2 aromatic rings. The quantitative estimate of drug-likeness (QED) is 0.838. The average Bonchev–Trinajstić information content (AvgIpc) is 2.47. The number of carbonyl (C=O) groups is 1. The van der Waals surface area contributed by atoms with Gasteiger partial charge in [0.1, 0.15) is 0 Å². The third-order valence-electron chi connectivity index (χ3n) is 3.10. The molecular weight excluding hydrogens is 316 g/mol. The van der Waals surface area contributed by atoms with Crippen LogP contribution in [0.1, 0.15) is 22.3 Å². The van der Waals surface area contributed by atoms with Crippen molar-refractivity contribution in [3.05, 3.63) is 64.4 Å². The summed E-state index contributed by atoms with van der Waals surface area (Å²) in [5.74, 6) is 0.00635. The van der Waals surface area contributed by atoms with Crippen molar-refractivity contribution in [2.24, 2.45) is 0 Å². The highest BCUT2D eigenvalue weighted by atomic mass is 79.9. The summed E-state index contributed by atoms with van der Waals surface area (Å²) in [6.07, 6.45) is 5.20. The molecule has 0 aliphatic heterocycles. The summed E-state index contributed by atoms with van der Waals surface area (Å²) in [5, 5.41) is 0. The van der Waals surface area contributed by atoms with Gasteiger partial charge in [-0.2, -0.15) is 0 Å². The fourth-order valence-electron chi connectivity index (χ4n) is 2.02. The molecule has 20 heavy (non-hydrogen) atoms. The molecule has 0 unspecified atom stereocenters. The molecule has 1 aromatic carbocycles. The van der Waals surface area contributed by atoms with Gasteiger partial charge < -0.3 is 4.90 Å². The van der Waals surface area contributed by atoms with E-state index in [0.29, 0.717) is 5.56 Å². The number of pyridine rings is 1. The first-order valence-electron chi connectivity index (χ1n) is 6.57. The number of benzene rings is 1. The fourth-order valence-corrected chi connectivity index (χ4v) is 2.38. The topological polar surface area (TPSA) is 33.2 Å². The minimum absolute atomic E-state index is 0.00635. The Balaban J connectivity index is 1.85. The Bertz CT molecular complexity index is 572. The summed E-state index contributed by atoms with van der Waals surface area (Å²) in [5.41, 5.74) is 1.92. The van der Waals surface area contributed by atoms with Gasteiger partial charge in [0.05, 0.1) is 5.56 Å². The van der Waals surface area contributed by atoms with Crippen molar-refractivity contribution >= 4 is 21.8 Å². The van der Waals surface area contributed by atoms with E-state index >= 15 is 0 Å². The van der Waals surface area contributed by atoms with Gasteiger partial charge in [0.25, 0.3) is 5.91 Å². The Morgan fingerprint density at radius 3 is 2.70 bits per heavy atom. The van der Waals surface area contributed by atoms with E-state index in [4.69, 9.17) is 0 Å². The monoisotopic (exact) mass is 332 g/mol. The van der Waals surface area contributed by atoms with Crippen LogP contribution in [0.3, 0.4) is 0 Å². The molecule has 3 nitrogen and oxygen atoms in total. The second-order valence-electron chi connectivity index (χ2n) is 4.71. The van der Waals surface area contributed by atoms with Gasteiger partial charge in [-0.25, -0.2) is 0 Å². The molecule has 0 aliphatic carbocycles. The first-order valence-corrected chi connectivity index (χ1v) is 7.36. The minimum Gasteiger partial charge on any atom is -0.342 e. The molecular formula is C16H17BrN2O. The molecule has 0 radical (unpaired) electrons. The number of halogens is 1. The third-order valence-corrected chi connectivity index (χ3v) is 3.53. The number of amides is 1. The van der Waals surface area contributed by atoms with Crippen molar-refractivity contribution in [2.75, 3.05) is 13.6 Å². The number of aryl methyl sites for hydroxylation is 1. The fraction of sp³-hybridized carbons (Fsp3) is 0.250. The molecule has 2 rings (SSSR count). The van der Waals surface area contributed by atoms with Gasteiger partial charge in [0.2, 0.25) is 0 Å². The average molecular weight is 333 g/mol. The second-order valence-corrected chi connectivity index (χ2v) is 5.62. The number of rotatable bonds is 5. The Kier molecular flexibility index (Phi) is 5.30. The van der Waals surface area contributed by atoms with Gasteiger partial charge in [-0.1, -0.05) is 30.3 Å². The Labute approximate surface area is 127 Å². The van der Waals surface area contributed by atoms with Crippen molar-refractivity contribution in [3.8, 4) is 0 Å². The largest absolute Gasteiger partial charge is 0.342 e. The lowest BCUT2D eigenvalue weighted by Gasteiger charge is -2.17. The molecule has 0 saturated heterocycles. The molecule has 0 N–H and O–H groups in total. The highest BCUT2D eigenvalue weighted by Gasteiger charge is 2.11. The smallest absolute Gasteiger partial charge is 0.255 e. The molecule has 1 aromatic heterocycles. The van der Waals surface area contributed by atoms with E-state index in [1.807, 2.05) is 25.2 Å². The lowest BCUT2D eigenvalue weighted by molar-refractivity contribution is 0.0793. The number of hydrogen-bond donors (Lipinski definition) is 0. The molecule has 4 heteroatoms. The molecule has 1 heterocycles. The van der Waals surface area contributed by atoms with Gasteiger partial charge in [0.15, 0.2) is 0 Å². The molecule has 0 spiro atoms. The maximum absolute atomic E-state index is 12.2. The van der Waals surface area contributed by atoms with E-state index in [-0.39, 0.29) is 5.91 Å². The normalized spacial score (nSPS) is 10.3. The Hall–Kier alpha value is -1.68. The summed E-state index contributed by atoms with van der Waals surface area (Å²) < 4.78 is 0.820. The summed E-state index contributed by atoms with van der Waals surface area (Å²) in [7, 11) is 1.83. The van der Waals surface area contributed by atoms with Gasteiger partial charge in [-0.15, -0.1) is 0 Å². The zero-order valence-corrected chi connectivity index (χ0v) is 13.0. The highest BCUT2D eigenvalue weighted by Crippen LogP contribution is 2.11. The van der Waals surface area contributed by atoms with Crippen LogP contribution < -0.4 is 0 Å². The minimum atomic E-state index is 0.00635. The molecule has 0 aliphatic rings. The van der Waals surface area contributed by atoms with Crippen molar-refractivity contribution in [2.45, 2.75) is 12.8 Å². The van der Waals surface area contributed by atoms with Gasteiger partial charge in [-0.05, 0) is 40.4 Å². The zero-order valence-electron chi connectivity index (χ0n) is 11.4. The lowest BCUT2D eigenvalue weighted by atomic mass is 10.1. The van der Waals surface area contributed by atoms with Crippen molar-refractivity contribution in [1.29, 1.82) is 0 Å². The number of carbonyl (C=O) groups excluding carboxylic acids is 1. The molecule has 104 valence electrons. The van der Waals surface area contributed by atoms with Crippen molar-refractivity contribution in [1.82, 2.24) is 9.88 Å². The van der Waals surface area contributed by atoms with Crippen LogP contribution in [0.2, 0.25) is 0 Å². The Morgan fingerprint density at radius 2 is 2.00 bits per heavy atom. The third kappa shape index (κ3) is 4.17. The summed E-state index contributed by atoms with van der Waals surface area (Å²) in [6.45, 7) is 0.736. The van der Waals surface area contributed by atoms with Crippen LogP contribution in [0.4, 0.5) is 0 Å². The number of hydrogen-bond acceptors (Lipinski definition) is 2. The molecule has 0 bridgehead atoms. The van der Waals surface area contributed by atoms with E-state index in [0.717, 1.165) is 23.9 Å². The maximum Gasteiger partial charge on any atom is 0.255 e. The SMILES string of the molecule is CN(CCCc1ccccc1)C(=O)c1cncc(Br)c1. The summed E-state index contributed by atoms with van der Waals surface area (Å²) in [4.78, 5) is 18.0. The molecule has 0 atom stereocenters. The van der Waals surface area contributed by atoms with Crippen LogP contribution in [0.25, 0.3) is 0 Å². The van der Waals surface area contributed by atoms with Crippen LogP contribution in [0.5, 0.6) is 0 Å². The first kappa shape index (κ1) is 14.7. The Morgan fingerprint density at radius 1 is 1.25 bits per heavy atom. The van der Waals surface area contributed by atoms with E-state index in [9.17, 15) is 4.79 Å². The van der Waals surface area contributed by atoms with Gasteiger partial charge in [-0.3, -0.25) is 9.78 Å². The first-order chi connectivity index (χ1) is 9.66. The predicted molar refractivity (Wildman–Crippen MR) is 83.7 cm³/mol. The number of nitrogens with zero attached hydrogens (tertiary/aromatic N) is 2. The number of aromatic nitrogens is 1. The molecule has 1 amide bonds. The van der Waals surface area contributed by atoms with Gasteiger partial charge in [0, 0.05) is 30.5 Å². The highest BCUT2D eigenvalue weighted by molar-refractivity contribution is 9.10. The van der Waals surface area contributed by atoms with E-state index in [1.165, 1.54) is 5.56 Å².